The Balaban J connectivity index is 2.11. The molecule has 0 saturated heterocycles. The molecule has 0 aliphatic heterocycles. The van der Waals surface area contributed by atoms with E-state index in [1.54, 1.807) is 31.2 Å². The molecular formula is C19H21N3O. The smallest absolute Gasteiger partial charge is 0.246 e. The Morgan fingerprint density at radius 3 is 2.26 bits per heavy atom. The second-order valence-corrected chi connectivity index (χ2v) is 5.75. The van der Waals surface area contributed by atoms with Crippen molar-refractivity contribution in [2.24, 2.45) is 0 Å². The Labute approximate surface area is 137 Å². The van der Waals surface area contributed by atoms with Gasteiger partial charge in [0.15, 0.2) is 0 Å². The van der Waals surface area contributed by atoms with E-state index in [1.807, 2.05) is 18.2 Å². The van der Waals surface area contributed by atoms with E-state index in [2.05, 4.69) is 36.6 Å². The molecule has 0 aliphatic carbocycles. The maximum Gasteiger partial charge on any atom is 0.246 e. The van der Waals surface area contributed by atoms with Crippen molar-refractivity contribution in [3.8, 4) is 6.07 Å². The van der Waals surface area contributed by atoms with Crippen LogP contribution in [0.2, 0.25) is 0 Å². The van der Waals surface area contributed by atoms with Crippen LogP contribution in [-0.2, 0) is 4.79 Å². The second-order valence-electron chi connectivity index (χ2n) is 5.75. The third-order valence-electron chi connectivity index (χ3n) is 3.65. The lowest BCUT2D eigenvalue weighted by Gasteiger charge is -2.19. The van der Waals surface area contributed by atoms with Crippen LogP contribution in [0.1, 0.15) is 37.8 Å². The number of amides is 1. The zero-order valence-corrected chi connectivity index (χ0v) is 13.6. The summed E-state index contributed by atoms with van der Waals surface area (Å²) in [6.07, 6.45) is 0. The van der Waals surface area contributed by atoms with E-state index >= 15 is 0 Å². The van der Waals surface area contributed by atoms with E-state index < -0.39 is 6.04 Å². The largest absolute Gasteiger partial charge is 0.374 e. The number of para-hydroxylation sites is 2. The van der Waals surface area contributed by atoms with Gasteiger partial charge in [-0.3, -0.25) is 4.79 Å². The zero-order valence-electron chi connectivity index (χ0n) is 13.6. The molecule has 2 rings (SSSR count). The summed E-state index contributed by atoms with van der Waals surface area (Å²) >= 11 is 0. The molecule has 23 heavy (non-hydrogen) atoms. The fourth-order valence-corrected chi connectivity index (χ4v) is 2.36. The lowest BCUT2D eigenvalue weighted by molar-refractivity contribution is -0.116. The van der Waals surface area contributed by atoms with Gasteiger partial charge in [0, 0.05) is 5.69 Å². The highest BCUT2D eigenvalue weighted by Crippen LogP contribution is 2.24. The minimum atomic E-state index is -0.415. The van der Waals surface area contributed by atoms with Gasteiger partial charge in [-0.1, -0.05) is 44.2 Å². The number of nitrogens with zero attached hydrogens (tertiary/aromatic N) is 1. The molecule has 0 saturated carbocycles. The van der Waals surface area contributed by atoms with Crippen molar-refractivity contribution in [3.05, 3.63) is 59.7 Å². The van der Waals surface area contributed by atoms with E-state index in [4.69, 9.17) is 5.26 Å². The monoisotopic (exact) mass is 307 g/mol. The zero-order chi connectivity index (χ0) is 16.8. The topological polar surface area (TPSA) is 64.9 Å². The molecule has 4 nitrogen and oxygen atoms in total. The maximum atomic E-state index is 12.4. The SMILES string of the molecule is CC(C)c1ccccc1N[C@@H](C)C(=O)Nc1ccccc1C#N. The van der Waals surface area contributed by atoms with E-state index in [0.29, 0.717) is 17.2 Å². The van der Waals surface area contributed by atoms with Crippen LogP contribution in [0, 0.1) is 11.3 Å². The Hall–Kier alpha value is -2.80. The first-order valence-electron chi connectivity index (χ1n) is 7.68. The van der Waals surface area contributed by atoms with Crippen LogP contribution < -0.4 is 10.6 Å². The number of nitriles is 1. The number of nitrogens with one attached hydrogen (secondary N) is 2. The minimum Gasteiger partial charge on any atom is -0.374 e. The summed E-state index contributed by atoms with van der Waals surface area (Å²) in [4.78, 5) is 12.4. The fourth-order valence-electron chi connectivity index (χ4n) is 2.36. The number of carbonyl (C=O) groups is 1. The first-order valence-corrected chi connectivity index (χ1v) is 7.68. The number of rotatable bonds is 5. The van der Waals surface area contributed by atoms with Crippen LogP contribution in [0.3, 0.4) is 0 Å². The van der Waals surface area contributed by atoms with Crippen molar-refractivity contribution in [2.45, 2.75) is 32.7 Å². The lowest BCUT2D eigenvalue weighted by Crippen LogP contribution is -2.32. The van der Waals surface area contributed by atoms with Gasteiger partial charge in [-0.05, 0) is 36.6 Å². The Morgan fingerprint density at radius 2 is 1.61 bits per heavy atom. The molecule has 1 atom stereocenters. The molecule has 0 fully saturated rings. The highest BCUT2D eigenvalue weighted by Gasteiger charge is 2.16. The molecule has 2 N–H and O–H groups in total. The summed E-state index contributed by atoms with van der Waals surface area (Å²) in [7, 11) is 0. The fraction of sp³-hybridized carbons (Fsp3) is 0.263. The average molecular weight is 307 g/mol. The van der Waals surface area contributed by atoms with Gasteiger partial charge in [0.25, 0.3) is 0 Å². The van der Waals surface area contributed by atoms with Gasteiger partial charge in [-0.2, -0.15) is 5.26 Å². The summed E-state index contributed by atoms with van der Waals surface area (Å²) in [5.74, 6) is 0.194. The van der Waals surface area contributed by atoms with Crippen molar-refractivity contribution >= 4 is 17.3 Å². The predicted molar refractivity (Wildman–Crippen MR) is 93.4 cm³/mol. The molecule has 0 bridgehead atoms. The molecular weight excluding hydrogens is 286 g/mol. The minimum absolute atomic E-state index is 0.175. The van der Waals surface area contributed by atoms with Crippen LogP contribution in [0.25, 0.3) is 0 Å². The highest BCUT2D eigenvalue weighted by molar-refractivity contribution is 5.97. The highest BCUT2D eigenvalue weighted by atomic mass is 16.2. The third-order valence-corrected chi connectivity index (χ3v) is 3.65. The number of anilines is 2. The van der Waals surface area contributed by atoms with Crippen molar-refractivity contribution in [3.63, 3.8) is 0 Å². The van der Waals surface area contributed by atoms with Crippen molar-refractivity contribution in [2.75, 3.05) is 10.6 Å². The molecule has 0 aliphatic rings. The molecule has 1 amide bonds. The summed E-state index contributed by atoms with van der Waals surface area (Å²) in [6, 6.07) is 16.6. The van der Waals surface area contributed by atoms with Crippen molar-refractivity contribution in [1.82, 2.24) is 0 Å². The van der Waals surface area contributed by atoms with Crippen molar-refractivity contribution in [1.29, 1.82) is 5.26 Å². The van der Waals surface area contributed by atoms with Gasteiger partial charge in [-0.25, -0.2) is 0 Å². The quantitative estimate of drug-likeness (QED) is 0.873. The Kier molecular flexibility index (Phi) is 5.37. The molecule has 118 valence electrons. The van der Waals surface area contributed by atoms with E-state index in [-0.39, 0.29) is 5.91 Å². The number of hydrogen-bond donors (Lipinski definition) is 2. The van der Waals surface area contributed by atoms with Crippen LogP contribution in [0.4, 0.5) is 11.4 Å². The second kappa shape index (κ2) is 7.46. The third kappa shape index (κ3) is 4.10. The van der Waals surface area contributed by atoms with Gasteiger partial charge < -0.3 is 10.6 Å². The standard InChI is InChI=1S/C19H21N3O/c1-13(2)16-9-5-7-11-18(16)21-14(3)19(23)22-17-10-6-4-8-15(17)12-20/h4-11,13-14,21H,1-3H3,(H,22,23)/t14-/m0/s1. The molecule has 2 aromatic rings. The number of carbonyl (C=O) groups excluding carboxylic acids is 1. The van der Waals surface area contributed by atoms with E-state index in [0.717, 1.165) is 5.69 Å². The Bertz CT molecular complexity index is 731. The van der Waals surface area contributed by atoms with E-state index in [9.17, 15) is 4.79 Å². The Morgan fingerprint density at radius 1 is 1.00 bits per heavy atom. The summed E-state index contributed by atoms with van der Waals surface area (Å²) in [5, 5.41) is 15.1. The number of hydrogen-bond acceptors (Lipinski definition) is 3. The van der Waals surface area contributed by atoms with Crippen LogP contribution in [0.5, 0.6) is 0 Å². The van der Waals surface area contributed by atoms with Crippen LogP contribution in [0.15, 0.2) is 48.5 Å². The first-order chi connectivity index (χ1) is 11.0. The summed E-state index contributed by atoms with van der Waals surface area (Å²) < 4.78 is 0. The van der Waals surface area contributed by atoms with Gasteiger partial charge in [0.1, 0.15) is 12.1 Å². The maximum absolute atomic E-state index is 12.4. The summed E-state index contributed by atoms with van der Waals surface area (Å²) in [6.45, 7) is 6.05. The molecule has 0 unspecified atom stereocenters. The molecule has 0 heterocycles. The van der Waals surface area contributed by atoms with Gasteiger partial charge in [0.05, 0.1) is 11.3 Å². The normalized spacial score (nSPS) is 11.6. The van der Waals surface area contributed by atoms with Gasteiger partial charge in [-0.15, -0.1) is 0 Å². The van der Waals surface area contributed by atoms with Gasteiger partial charge in [0.2, 0.25) is 5.91 Å². The molecule has 0 aromatic heterocycles. The van der Waals surface area contributed by atoms with Gasteiger partial charge >= 0.3 is 0 Å². The summed E-state index contributed by atoms with van der Waals surface area (Å²) in [5.41, 5.74) is 3.12. The molecule has 0 radical (unpaired) electrons. The van der Waals surface area contributed by atoms with Crippen molar-refractivity contribution < 1.29 is 4.79 Å². The molecule has 2 aromatic carbocycles. The first kappa shape index (κ1) is 16.6. The molecule has 0 spiro atoms. The molecule has 4 heteroatoms. The van der Waals surface area contributed by atoms with Crippen LogP contribution in [-0.4, -0.2) is 11.9 Å². The average Bonchev–Trinajstić information content (AvgIpc) is 2.55. The lowest BCUT2D eigenvalue weighted by atomic mass is 10.0. The van der Waals surface area contributed by atoms with E-state index in [1.165, 1.54) is 5.56 Å². The number of benzene rings is 2. The van der Waals surface area contributed by atoms with Crippen LogP contribution >= 0.6 is 0 Å². The predicted octanol–water partition coefficient (Wildman–Crippen LogP) is 4.12.